The Kier molecular flexibility index (Phi) is 5.15. The van der Waals surface area contributed by atoms with Gasteiger partial charge >= 0.3 is 0 Å². The molecule has 0 bridgehead atoms. The first-order chi connectivity index (χ1) is 12.8. The summed E-state index contributed by atoms with van der Waals surface area (Å²) in [6, 6.07) is 11.2. The number of pyridine rings is 1. The zero-order valence-corrected chi connectivity index (χ0v) is 16.1. The Balaban J connectivity index is 1.98. The maximum absolute atomic E-state index is 13.2. The second-order valence-corrected chi connectivity index (χ2v) is 7.18. The van der Waals surface area contributed by atoms with Crippen molar-refractivity contribution in [2.75, 3.05) is 23.4 Å². The fourth-order valence-electron chi connectivity index (χ4n) is 3.63. The zero-order valence-electron chi connectivity index (χ0n) is 16.1. The van der Waals surface area contributed by atoms with E-state index >= 15 is 0 Å². The minimum atomic E-state index is -0.640. The maximum Gasteiger partial charge on any atom is 0.249 e. The highest BCUT2D eigenvalue weighted by molar-refractivity contribution is 5.99. The van der Waals surface area contributed by atoms with Crippen LogP contribution in [0.25, 0.3) is 0 Å². The number of carbonyl (C=O) groups excluding carboxylic acids is 1. The number of rotatable bonds is 3. The van der Waals surface area contributed by atoms with Crippen LogP contribution in [0.4, 0.5) is 11.5 Å². The standard InChI is InChI=1S/C21H24N4O2/c1-13-6-5-7-16(8-13)24(4)21(27)19-10-17(26)12-25(19)20-18(11-22)14(2)9-15(3)23-20/h5-9,17,19,26H,10,12H2,1-4H3/t17-,19-/m0/s1. The number of aryl methyl sites for hydroxylation is 3. The number of hydrogen-bond donors (Lipinski definition) is 1. The average Bonchev–Trinajstić information content (AvgIpc) is 3.01. The molecule has 0 unspecified atom stereocenters. The summed E-state index contributed by atoms with van der Waals surface area (Å²) >= 11 is 0. The van der Waals surface area contributed by atoms with Gasteiger partial charge in [0.1, 0.15) is 17.9 Å². The van der Waals surface area contributed by atoms with E-state index in [1.54, 1.807) is 16.8 Å². The second-order valence-electron chi connectivity index (χ2n) is 7.18. The van der Waals surface area contributed by atoms with E-state index in [1.165, 1.54) is 0 Å². The third-order valence-electron chi connectivity index (χ3n) is 4.99. The van der Waals surface area contributed by atoms with Crippen molar-refractivity contribution < 1.29 is 9.90 Å². The Labute approximate surface area is 159 Å². The number of aromatic nitrogens is 1. The molecule has 6 nitrogen and oxygen atoms in total. The number of amides is 1. The van der Waals surface area contributed by atoms with Gasteiger partial charge in [0, 0.05) is 31.4 Å². The van der Waals surface area contributed by atoms with Crippen molar-refractivity contribution in [1.82, 2.24) is 4.98 Å². The molecule has 2 atom stereocenters. The van der Waals surface area contributed by atoms with Crippen LogP contribution in [-0.2, 0) is 4.79 Å². The minimum absolute atomic E-state index is 0.123. The van der Waals surface area contributed by atoms with Crippen molar-refractivity contribution >= 4 is 17.4 Å². The number of aliphatic hydroxyl groups is 1. The van der Waals surface area contributed by atoms with E-state index < -0.39 is 12.1 Å². The highest BCUT2D eigenvalue weighted by Crippen LogP contribution is 2.31. The van der Waals surface area contributed by atoms with Gasteiger partial charge in [0.15, 0.2) is 0 Å². The first kappa shape index (κ1) is 18.9. The highest BCUT2D eigenvalue weighted by Gasteiger charge is 2.39. The van der Waals surface area contributed by atoms with Crippen LogP contribution in [0.2, 0.25) is 0 Å². The van der Waals surface area contributed by atoms with Crippen molar-refractivity contribution in [3.05, 3.63) is 52.7 Å². The van der Waals surface area contributed by atoms with Crippen molar-refractivity contribution in [2.45, 2.75) is 39.3 Å². The molecule has 0 aliphatic carbocycles. The quantitative estimate of drug-likeness (QED) is 0.905. The predicted molar refractivity (Wildman–Crippen MR) is 105 cm³/mol. The normalized spacial score (nSPS) is 19.0. The van der Waals surface area contributed by atoms with Gasteiger partial charge < -0.3 is 14.9 Å². The summed E-state index contributed by atoms with van der Waals surface area (Å²) in [5.74, 6) is 0.351. The molecule has 27 heavy (non-hydrogen) atoms. The molecule has 1 aliphatic heterocycles. The molecular weight excluding hydrogens is 340 g/mol. The van der Waals surface area contributed by atoms with E-state index in [-0.39, 0.29) is 12.5 Å². The van der Waals surface area contributed by atoms with E-state index in [0.29, 0.717) is 17.8 Å². The summed E-state index contributed by atoms with van der Waals surface area (Å²) < 4.78 is 0. The Bertz CT molecular complexity index is 919. The predicted octanol–water partition coefficient (Wildman–Crippen LogP) is 2.48. The van der Waals surface area contributed by atoms with E-state index in [1.807, 2.05) is 51.1 Å². The first-order valence-electron chi connectivity index (χ1n) is 8.99. The monoisotopic (exact) mass is 364 g/mol. The average molecular weight is 364 g/mol. The molecule has 0 radical (unpaired) electrons. The van der Waals surface area contributed by atoms with Gasteiger partial charge in [-0.05, 0) is 50.1 Å². The van der Waals surface area contributed by atoms with Crippen LogP contribution >= 0.6 is 0 Å². The van der Waals surface area contributed by atoms with Crippen LogP contribution in [0.5, 0.6) is 0 Å². The molecule has 1 N–H and O–H groups in total. The highest BCUT2D eigenvalue weighted by atomic mass is 16.3. The molecule has 1 amide bonds. The molecule has 1 aromatic carbocycles. The van der Waals surface area contributed by atoms with E-state index in [0.717, 1.165) is 22.5 Å². The summed E-state index contributed by atoms with van der Waals surface area (Å²) in [6.45, 7) is 5.98. The van der Waals surface area contributed by atoms with Crippen LogP contribution in [0.3, 0.4) is 0 Å². The summed E-state index contributed by atoms with van der Waals surface area (Å²) in [5, 5.41) is 19.8. The SMILES string of the molecule is Cc1cccc(N(C)C(=O)[C@@H]2C[C@H](O)CN2c2nc(C)cc(C)c2C#N)c1. The molecule has 2 heterocycles. The van der Waals surface area contributed by atoms with E-state index in [4.69, 9.17) is 0 Å². The molecule has 1 aliphatic rings. The van der Waals surface area contributed by atoms with Crippen molar-refractivity contribution in [1.29, 1.82) is 5.26 Å². The fraction of sp³-hybridized carbons (Fsp3) is 0.381. The molecule has 0 spiro atoms. The molecule has 2 aromatic rings. The van der Waals surface area contributed by atoms with Crippen molar-refractivity contribution in [3.8, 4) is 6.07 Å². The number of anilines is 2. The van der Waals surface area contributed by atoms with Gasteiger partial charge in [0.2, 0.25) is 5.91 Å². The van der Waals surface area contributed by atoms with Crippen LogP contribution < -0.4 is 9.80 Å². The van der Waals surface area contributed by atoms with Gasteiger partial charge in [0.25, 0.3) is 0 Å². The van der Waals surface area contributed by atoms with E-state index in [9.17, 15) is 15.2 Å². The molecule has 140 valence electrons. The van der Waals surface area contributed by atoms with Crippen LogP contribution in [0.1, 0.15) is 28.8 Å². The van der Waals surface area contributed by atoms with E-state index in [2.05, 4.69) is 11.1 Å². The lowest BCUT2D eigenvalue weighted by Gasteiger charge is -2.29. The Morgan fingerprint density at radius 3 is 2.74 bits per heavy atom. The number of carbonyl (C=O) groups is 1. The number of likely N-dealkylation sites (N-methyl/N-ethyl adjacent to an activating group) is 1. The molecule has 1 fully saturated rings. The first-order valence-corrected chi connectivity index (χ1v) is 8.99. The number of aliphatic hydroxyl groups excluding tert-OH is 1. The lowest BCUT2D eigenvalue weighted by atomic mass is 10.1. The molecule has 1 saturated heterocycles. The van der Waals surface area contributed by atoms with Crippen LogP contribution in [0.15, 0.2) is 30.3 Å². The Hall–Kier alpha value is -2.91. The molecule has 0 saturated carbocycles. The summed E-state index contributed by atoms with van der Waals surface area (Å²) in [5.41, 5.74) is 3.92. The van der Waals surface area contributed by atoms with Crippen molar-refractivity contribution in [3.63, 3.8) is 0 Å². The van der Waals surface area contributed by atoms with Gasteiger partial charge in [-0.3, -0.25) is 4.79 Å². The fourth-order valence-corrected chi connectivity index (χ4v) is 3.63. The van der Waals surface area contributed by atoms with Crippen LogP contribution in [0, 0.1) is 32.1 Å². The number of nitrogens with zero attached hydrogens (tertiary/aromatic N) is 4. The Morgan fingerprint density at radius 1 is 1.33 bits per heavy atom. The summed E-state index contributed by atoms with van der Waals surface area (Å²) in [6.07, 6.45) is -0.326. The van der Waals surface area contributed by atoms with Crippen LogP contribution in [-0.4, -0.2) is 41.7 Å². The molecule has 6 heteroatoms. The van der Waals surface area contributed by atoms with Crippen molar-refractivity contribution in [2.24, 2.45) is 0 Å². The smallest absolute Gasteiger partial charge is 0.249 e. The van der Waals surface area contributed by atoms with Gasteiger partial charge in [-0.15, -0.1) is 0 Å². The number of nitriles is 1. The third-order valence-corrected chi connectivity index (χ3v) is 4.99. The largest absolute Gasteiger partial charge is 0.391 e. The lowest BCUT2D eigenvalue weighted by molar-refractivity contribution is -0.119. The Morgan fingerprint density at radius 2 is 2.07 bits per heavy atom. The van der Waals surface area contributed by atoms with Gasteiger partial charge in [0.05, 0.1) is 11.7 Å². The second kappa shape index (κ2) is 7.37. The number of β-amino-alcohol motifs (C(OH)–C–C–N with tert-alkyl or cyclic N) is 1. The minimum Gasteiger partial charge on any atom is -0.391 e. The summed E-state index contributed by atoms with van der Waals surface area (Å²) in [7, 11) is 1.74. The van der Waals surface area contributed by atoms with Gasteiger partial charge in [-0.1, -0.05) is 12.1 Å². The molecule has 3 rings (SSSR count). The lowest BCUT2D eigenvalue weighted by Crippen LogP contribution is -2.45. The topological polar surface area (TPSA) is 80.5 Å². The summed E-state index contributed by atoms with van der Waals surface area (Å²) in [4.78, 5) is 21.1. The van der Waals surface area contributed by atoms with Gasteiger partial charge in [-0.2, -0.15) is 5.26 Å². The third kappa shape index (κ3) is 3.64. The number of benzene rings is 1. The number of hydrogen-bond acceptors (Lipinski definition) is 5. The molecular formula is C21H24N4O2. The molecule has 1 aromatic heterocycles. The zero-order chi connectivity index (χ0) is 19.7. The maximum atomic E-state index is 13.2. The van der Waals surface area contributed by atoms with Gasteiger partial charge in [-0.25, -0.2) is 4.98 Å².